The number of guanidine groups is 1. The molecule has 6 heteroatoms. The monoisotopic (exact) mass is 228 g/mol. The highest BCUT2D eigenvalue weighted by atomic mass is 16.0. The number of nitrogens with zero attached hydrogens (tertiary/aromatic N) is 3. The summed E-state index contributed by atoms with van der Waals surface area (Å²) >= 11 is 0. The van der Waals surface area contributed by atoms with Crippen LogP contribution in [0.15, 0.2) is 47.6 Å². The highest BCUT2D eigenvalue weighted by Gasteiger charge is 2.23. The van der Waals surface area contributed by atoms with Gasteiger partial charge in [-0.15, -0.1) is 5.10 Å². The minimum atomic E-state index is 0.309. The van der Waals surface area contributed by atoms with Crippen LogP contribution in [0, 0.1) is 0 Å². The van der Waals surface area contributed by atoms with E-state index < -0.39 is 0 Å². The molecule has 2 aromatic rings. The zero-order valence-corrected chi connectivity index (χ0v) is 9.04. The lowest BCUT2D eigenvalue weighted by Crippen LogP contribution is -2.52. The van der Waals surface area contributed by atoms with Gasteiger partial charge in [0.25, 0.3) is 0 Å². The van der Waals surface area contributed by atoms with Gasteiger partial charge in [-0.05, 0) is 16.7 Å². The van der Waals surface area contributed by atoms with Gasteiger partial charge in [-0.1, -0.05) is 36.4 Å². The largest absolute Gasteiger partial charge is 0.367 e. The third-order valence-corrected chi connectivity index (χ3v) is 2.69. The van der Waals surface area contributed by atoms with Gasteiger partial charge in [-0.2, -0.15) is 0 Å². The molecule has 0 spiro atoms. The Morgan fingerprint density at radius 3 is 2.59 bits per heavy atom. The zero-order valence-electron chi connectivity index (χ0n) is 9.04. The van der Waals surface area contributed by atoms with Crippen molar-refractivity contribution in [3.05, 3.63) is 42.5 Å². The molecule has 1 aliphatic rings. The molecule has 0 amide bonds. The summed E-state index contributed by atoms with van der Waals surface area (Å²) in [7, 11) is 0. The maximum Gasteiger partial charge on any atom is 0.237 e. The summed E-state index contributed by atoms with van der Waals surface area (Å²) in [5.74, 6) is 6.06. The Balaban J connectivity index is 2.21. The fourth-order valence-electron chi connectivity index (χ4n) is 1.94. The number of fused-ring (bicyclic) bond motifs is 1. The fourth-order valence-corrected chi connectivity index (χ4v) is 1.94. The first-order valence-electron chi connectivity index (χ1n) is 5.19. The zero-order chi connectivity index (χ0) is 11.8. The van der Waals surface area contributed by atoms with Crippen molar-refractivity contribution in [1.82, 2.24) is 10.8 Å². The number of benzene rings is 2. The molecule has 0 radical (unpaired) electrons. The molecule has 5 N–H and O–H groups in total. The van der Waals surface area contributed by atoms with Gasteiger partial charge in [-0.3, -0.25) is 0 Å². The number of hydrazine groups is 3. The number of nitrogens with one attached hydrogen (secondary N) is 1. The van der Waals surface area contributed by atoms with Crippen LogP contribution < -0.4 is 22.1 Å². The van der Waals surface area contributed by atoms with E-state index in [-0.39, 0.29) is 0 Å². The predicted octanol–water partition coefficient (Wildman–Crippen LogP) is 0.485. The number of hydrogen-bond donors (Lipinski definition) is 3. The van der Waals surface area contributed by atoms with Gasteiger partial charge in [0, 0.05) is 5.39 Å². The lowest BCUT2D eigenvalue weighted by atomic mass is 10.1. The van der Waals surface area contributed by atoms with Gasteiger partial charge in [0.2, 0.25) is 5.96 Å². The van der Waals surface area contributed by atoms with Gasteiger partial charge in [-0.25, -0.2) is 16.4 Å². The lowest BCUT2D eigenvalue weighted by Gasteiger charge is -2.24. The quantitative estimate of drug-likeness (QED) is 0.618. The average Bonchev–Trinajstić information content (AvgIpc) is 2.69. The summed E-state index contributed by atoms with van der Waals surface area (Å²) in [6, 6.07) is 14.0. The molecule has 0 unspecified atom stereocenters. The second kappa shape index (κ2) is 3.62. The number of hydrogen-bond acceptors (Lipinski definition) is 6. The summed E-state index contributed by atoms with van der Waals surface area (Å²) in [5.41, 5.74) is 9.25. The molecule has 0 aliphatic carbocycles. The highest BCUT2D eigenvalue weighted by molar-refractivity contribution is 6.04. The molecule has 0 bridgehead atoms. The van der Waals surface area contributed by atoms with Crippen LogP contribution in [0.5, 0.6) is 0 Å². The van der Waals surface area contributed by atoms with E-state index in [0.29, 0.717) is 5.96 Å². The van der Waals surface area contributed by atoms with Crippen LogP contribution in [-0.4, -0.2) is 11.2 Å². The van der Waals surface area contributed by atoms with Crippen molar-refractivity contribution in [3.63, 3.8) is 0 Å². The summed E-state index contributed by atoms with van der Waals surface area (Å²) < 4.78 is 0. The molecule has 0 fully saturated rings. The molecule has 0 saturated carbocycles. The number of hydrazone groups is 1. The van der Waals surface area contributed by atoms with Crippen molar-refractivity contribution in [2.75, 3.05) is 5.01 Å². The van der Waals surface area contributed by atoms with Crippen LogP contribution in [0.3, 0.4) is 0 Å². The van der Waals surface area contributed by atoms with Crippen molar-refractivity contribution in [3.8, 4) is 0 Å². The molecule has 0 saturated heterocycles. The summed E-state index contributed by atoms with van der Waals surface area (Å²) in [4.78, 5) is 0. The minimum Gasteiger partial charge on any atom is -0.367 e. The Bertz CT molecular complexity index is 588. The Morgan fingerprint density at radius 2 is 1.82 bits per heavy atom. The molecule has 0 aromatic heterocycles. The summed E-state index contributed by atoms with van der Waals surface area (Å²) in [5, 5.41) is 8.90. The van der Waals surface area contributed by atoms with E-state index in [2.05, 4.69) is 10.6 Å². The van der Waals surface area contributed by atoms with Gasteiger partial charge < -0.3 is 5.73 Å². The molecule has 17 heavy (non-hydrogen) atoms. The Morgan fingerprint density at radius 1 is 1.06 bits per heavy atom. The van der Waals surface area contributed by atoms with Crippen molar-refractivity contribution in [2.45, 2.75) is 0 Å². The van der Waals surface area contributed by atoms with E-state index in [1.165, 1.54) is 5.23 Å². The van der Waals surface area contributed by atoms with Crippen molar-refractivity contribution in [1.29, 1.82) is 0 Å². The molecule has 1 aliphatic heterocycles. The van der Waals surface area contributed by atoms with Crippen molar-refractivity contribution in [2.24, 2.45) is 16.7 Å². The van der Waals surface area contributed by atoms with E-state index in [4.69, 9.17) is 11.6 Å². The predicted molar refractivity (Wildman–Crippen MR) is 67.2 cm³/mol. The van der Waals surface area contributed by atoms with Gasteiger partial charge in [0.05, 0.1) is 5.69 Å². The van der Waals surface area contributed by atoms with Crippen LogP contribution in [0.1, 0.15) is 0 Å². The molecular weight excluding hydrogens is 216 g/mol. The number of nitrogens with two attached hydrogens (primary N) is 2. The van der Waals surface area contributed by atoms with Gasteiger partial charge >= 0.3 is 0 Å². The molecule has 2 aromatic carbocycles. The van der Waals surface area contributed by atoms with Crippen LogP contribution >= 0.6 is 0 Å². The first-order chi connectivity index (χ1) is 8.27. The molecule has 6 nitrogen and oxygen atoms in total. The van der Waals surface area contributed by atoms with E-state index in [9.17, 15) is 0 Å². The molecule has 1 heterocycles. The highest BCUT2D eigenvalue weighted by Crippen LogP contribution is 2.27. The normalized spacial score (nSPS) is 16.1. The second-order valence-corrected chi connectivity index (χ2v) is 3.72. The molecule has 0 atom stereocenters. The first kappa shape index (κ1) is 9.88. The first-order valence-corrected chi connectivity index (χ1v) is 5.19. The standard InChI is InChI=1S/C11H12N6/c12-11-14-15-17(13)16(11)10-7-3-5-8-4-1-2-6-9(8)10/h1-7,15H,13H2,(H2,12,14). The smallest absolute Gasteiger partial charge is 0.237 e. The van der Waals surface area contributed by atoms with Crippen molar-refractivity contribution < 1.29 is 0 Å². The maximum absolute atomic E-state index is 5.78. The second-order valence-electron chi connectivity index (χ2n) is 3.72. The topological polar surface area (TPSA) is 82.9 Å². The lowest BCUT2D eigenvalue weighted by molar-refractivity contribution is 0.229. The maximum atomic E-state index is 5.78. The Kier molecular flexibility index (Phi) is 2.10. The Labute approximate surface area is 98.0 Å². The van der Waals surface area contributed by atoms with E-state index in [0.717, 1.165) is 16.5 Å². The molecule has 86 valence electrons. The number of anilines is 1. The average molecular weight is 228 g/mol. The van der Waals surface area contributed by atoms with Crippen molar-refractivity contribution >= 4 is 22.4 Å². The fraction of sp³-hybridized carbons (Fsp3) is 0. The van der Waals surface area contributed by atoms with E-state index in [1.807, 2.05) is 42.5 Å². The van der Waals surface area contributed by atoms with Gasteiger partial charge in [0.15, 0.2) is 0 Å². The minimum absolute atomic E-state index is 0.309. The van der Waals surface area contributed by atoms with Crippen LogP contribution in [0.25, 0.3) is 10.8 Å². The van der Waals surface area contributed by atoms with E-state index in [1.54, 1.807) is 5.01 Å². The summed E-state index contributed by atoms with van der Waals surface area (Å²) in [6.45, 7) is 0. The van der Waals surface area contributed by atoms with Gasteiger partial charge in [0.1, 0.15) is 0 Å². The van der Waals surface area contributed by atoms with E-state index >= 15 is 0 Å². The number of rotatable bonds is 1. The Hall–Kier alpha value is -2.31. The third kappa shape index (κ3) is 1.47. The third-order valence-electron chi connectivity index (χ3n) is 2.69. The van der Waals surface area contributed by atoms with Crippen LogP contribution in [-0.2, 0) is 0 Å². The molecular formula is C11H12N6. The van der Waals surface area contributed by atoms with Crippen LogP contribution in [0.2, 0.25) is 0 Å². The summed E-state index contributed by atoms with van der Waals surface area (Å²) in [6.07, 6.45) is 0. The van der Waals surface area contributed by atoms with Crippen LogP contribution in [0.4, 0.5) is 5.69 Å². The molecule has 3 rings (SSSR count). The SMILES string of the molecule is NC1=NNN(N)N1c1cccc2ccccc12.